The minimum absolute atomic E-state index is 0.139. The summed E-state index contributed by atoms with van der Waals surface area (Å²) in [5.41, 5.74) is 2.67. The van der Waals surface area contributed by atoms with Crippen LogP contribution in [0.5, 0.6) is 0 Å². The van der Waals surface area contributed by atoms with E-state index in [0.717, 1.165) is 45.2 Å². The molecule has 1 aliphatic heterocycles. The number of aryl methyl sites for hydroxylation is 1. The highest BCUT2D eigenvalue weighted by Crippen LogP contribution is 2.31. The van der Waals surface area contributed by atoms with Gasteiger partial charge in [0.1, 0.15) is 0 Å². The molecule has 0 unspecified atom stereocenters. The summed E-state index contributed by atoms with van der Waals surface area (Å²) in [7, 11) is 0. The van der Waals surface area contributed by atoms with Gasteiger partial charge in [0.2, 0.25) is 5.91 Å². The van der Waals surface area contributed by atoms with Gasteiger partial charge in [-0.3, -0.25) is 4.79 Å². The van der Waals surface area contributed by atoms with E-state index in [1.165, 1.54) is 17.5 Å². The van der Waals surface area contributed by atoms with Crippen LogP contribution in [-0.4, -0.2) is 35.1 Å². The van der Waals surface area contributed by atoms with E-state index in [1.807, 2.05) is 0 Å². The number of nitrogens with zero attached hydrogens (tertiary/aromatic N) is 1. The number of aliphatic hydroxyl groups is 1. The van der Waals surface area contributed by atoms with E-state index in [2.05, 4.69) is 36.1 Å². The van der Waals surface area contributed by atoms with Crippen LogP contribution < -0.4 is 0 Å². The average molecular weight is 301 g/mol. The van der Waals surface area contributed by atoms with Gasteiger partial charge in [-0.25, -0.2) is 0 Å². The summed E-state index contributed by atoms with van der Waals surface area (Å²) < 4.78 is 0. The highest BCUT2D eigenvalue weighted by Gasteiger charge is 2.31. The molecule has 2 fully saturated rings. The van der Waals surface area contributed by atoms with Crippen molar-refractivity contribution in [2.75, 3.05) is 13.1 Å². The zero-order chi connectivity index (χ0) is 15.5. The van der Waals surface area contributed by atoms with Crippen LogP contribution in [0.1, 0.15) is 55.6 Å². The van der Waals surface area contributed by atoms with E-state index in [4.69, 9.17) is 0 Å². The van der Waals surface area contributed by atoms with Gasteiger partial charge in [-0.2, -0.15) is 0 Å². The van der Waals surface area contributed by atoms with E-state index in [9.17, 15) is 9.90 Å². The highest BCUT2D eigenvalue weighted by atomic mass is 16.3. The SMILES string of the molecule is Cc1cccc([C@H]2CCCN(C(=O)C3CCC(O)CC3)C2)c1. The molecular weight excluding hydrogens is 274 g/mol. The standard InChI is InChI=1S/C19H27NO2/c1-14-4-2-5-16(12-14)17-6-3-11-20(13-17)19(22)15-7-9-18(21)10-8-15/h2,4-5,12,15,17-18,21H,3,6-11,13H2,1H3/t15?,17-,18?/m0/s1. The minimum Gasteiger partial charge on any atom is -0.393 e. The number of amides is 1. The fraction of sp³-hybridized carbons (Fsp3) is 0.632. The summed E-state index contributed by atoms with van der Waals surface area (Å²) in [5, 5.41) is 9.61. The van der Waals surface area contributed by atoms with Crippen LogP contribution in [0.4, 0.5) is 0 Å². The lowest BCUT2D eigenvalue weighted by Gasteiger charge is -2.36. The van der Waals surface area contributed by atoms with E-state index in [1.54, 1.807) is 0 Å². The summed E-state index contributed by atoms with van der Waals surface area (Å²) in [4.78, 5) is 14.8. The zero-order valence-corrected chi connectivity index (χ0v) is 13.5. The molecule has 1 atom stereocenters. The number of hydrogen-bond acceptors (Lipinski definition) is 2. The van der Waals surface area contributed by atoms with Crippen molar-refractivity contribution < 1.29 is 9.90 Å². The Hall–Kier alpha value is -1.35. The van der Waals surface area contributed by atoms with Crippen LogP contribution in [-0.2, 0) is 4.79 Å². The second-order valence-corrected chi connectivity index (χ2v) is 7.04. The lowest BCUT2D eigenvalue weighted by Crippen LogP contribution is -2.43. The topological polar surface area (TPSA) is 40.5 Å². The average Bonchev–Trinajstić information content (AvgIpc) is 2.55. The molecule has 1 aromatic rings. The number of benzene rings is 1. The first-order chi connectivity index (χ1) is 10.6. The summed E-state index contributed by atoms with van der Waals surface area (Å²) in [6.07, 6.45) is 5.36. The number of piperidine rings is 1. The van der Waals surface area contributed by atoms with E-state index in [-0.39, 0.29) is 12.0 Å². The molecule has 1 aliphatic carbocycles. The Balaban J connectivity index is 1.64. The largest absolute Gasteiger partial charge is 0.393 e. The number of carbonyl (C=O) groups excluding carboxylic acids is 1. The molecule has 1 saturated carbocycles. The van der Waals surface area contributed by atoms with Crippen LogP contribution in [0, 0.1) is 12.8 Å². The Labute approximate surface area is 133 Å². The van der Waals surface area contributed by atoms with Crippen LogP contribution in [0.2, 0.25) is 0 Å². The van der Waals surface area contributed by atoms with E-state index in [0.29, 0.717) is 11.8 Å². The molecule has 3 heteroatoms. The molecule has 22 heavy (non-hydrogen) atoms. The second-order valence-electron chi connectivity index (χ2n) is 7.04. The van der Waals surface area contributed by atoms with E-state index < -0.39 is 0 Å². The number of rotatable bonds is 2. The van der Waals surface area contributed by atoms with Gasteiger partial charge in [0.25, 0.3) is 0 Å². The van der Waals surface area contributed by atoms with Crippen LogP contribution in [0.15, 0.2) is 24.3 Å². The van der Waals surface area contributed by atoms with Crippen molar-refractivity contribution in [3.8, 4) is 0 Å². The molecule has 0 bridgehead atoms. The number of likely N-dealkylation sites (tertiary alicyclic amines) is 1. The highest BCUT2D eigenvalue weighted by molar-refractivity contribution is 5.79. The molecule has 2 aliphatic rings. The Bertz CT molecular complexity index is 520. The zero-order valence-electron chi connectivity index (χ0n) is 13.5. The van der Waals surface area contributed by atoms with Gasteiger partial charge in [-0.15, -0.1) is 0 Å². The molecule has 0 aromatic heterocycles. The summed E-state index contributed by atoms with van der Waals surface area (Å²) in [6.45, 7) is 3.89. The molecule has 1 N–H and O–H groups in total. The van der Waals surface area contributed by atoms with Crippen molar-refractivity contribution in [3.63, 3.8) is 0 Å². The summed E-state index contributed by atoms with van der Waals surface area (Å²) in [5.74, 6) is 0.940. The molecule has 1 heterocycles. The molecule has 3 rings (SSSR count). The fourth-order valence-corrected chi connectivity index (χ4v) is 3.95. The van der Waals surface area contributed by atoms with Gasteiger partial charge in [0.05, 0.1) is 6.10 Å². The summed E-state index contributed by atoms with van der Waals surface area (Å²) in [6, 6.07) is 8.70. The predicted octanol–water partition coefficient (Wildman–Crippen LogP) is 3.25. The first kappa shape index (κ1) is 15.5. The van der Waals surface area contributed by atoms with Crippen molar-refractivity contribution in [3.05, 3.63) is 35.4 Å². The van der Waals surface area contributed by atoms with Gasteiger partial charge >= 0.3 is 0 Å². The predicted molar refractivity (Wildman–Crippen MR) is 87.7 cm³/mol. The van der Waals surface area contributed by atoms with Crippen molar-refractivity contribution in [2.45, 2.75) is 57.5 Å². The molecule has 1 aromatic carbocycles. The van der Waals surface area contributed by atoms with Gasteiger partial charge in [0, 0.05) is 24.9 Å². The number of aliphatic hydroxyl groups excluding tert-OH is 1. The normalized spacial score (nSPS) is 29.4. The summed E-state index contributed by atoms with van der Waals surface area (Å²) >= 11 is 0. The Kier molecular flexibility index (Phi) is 4.82. The molecule has 3 nitrogen and oxygen atoms in total. The maximum Gasteiger partial charge on any atom is 0.225 e. The molecule has 1 saturated heterocycles. The molecule has 0 spiro atoms. The van der Waals surface area contributed by atoms with Crippen molar-refractivity contribution >= 4 is 5.91 Å². The Morgan fingerprint density at radius 3 is 2.68 bits per heavy atom. The third-order valence-corrected chi connectivity index (χ3v) is 5.29. The molecule has 120 valence electrons. The van der Waals surface area contributed by atoms with Gasteiger partial charge in [0.15, 0.2) is 0 Å². The Morgan fingerprint density at radius 2 is 1.95 bits per heavy atom. The molecule has 1 amide bonds. The van der Waals surface area contributed by atoms with Crippen LogP contribution >= 0.6 is 0 Å². The maximum atomic E-state index is 12.7. The number of hydrogen-bond donors (Lipinski definition) is 1. The molecular formula is C19H27NO2. The lowest BCUT2D eigenvalue weighted by molar-refractivity contribution is -0.138. The maximum absolute atomic E-state index is 12.7. The third-order valence-electron chi connectivity index (χ3n) is 5.29. The van der Waals surface area contributed by atoms with Gasteiger partial charge < -0.3 is 10.0 Å². The molecule has 0 radical (unpaired) electrons. The van der Waals surface area contributed by atoms with Gasteiger partial charge in [-0.05, 0) is 51.0 Å². The van der Waals surface area contributed by atoms with Crippen molar-refractivity contribution in [1.29, 1.82) is 0 Å². The minimum atomic E-state index is -0.189. The van der Waals surface area contributed by atoms with Crippen LogP contribution in [0.3, 0.4) is 0 Å². The Morgan fingerprint density at radius 1 is 1.18 bits per heavy atom. The lowest BCUT2D eigenvalue weighted by atomic mass is 9.85. The van der Waals surface area contributed by atoms with E-state index >= 15 is 0 Å². The number of carbonyl (C=O) groups is 1. The second kappa shape index (κ2) is 6.82. The first-order valence-corrected chi connectivity index (χ1v) is 8.67. The van der Waals surface area contributed by atoms with Gasteiger partial charge in [-0.1, -0.05) is 29.8 Å². The van der Waals surface area contributed by atoms with Crippen molar-refractivity contribution in [2.24, 2.45) is 5.92 Å². The fourth-order valence-electron chi connectivity index (χ4n) is 3.95. The third kappa shape index (κ3) is 3.52. The smallest absolute Gasteiger partial charge is 0.225 e. The van der Waals surface area contributed by atoms with Crippen LogP contribution in [0.25, 0.3) is 0 Å². The van der Waals surface area contributed by atoms with Crippen molar-refractivity contribution in [1.82, 2.24) is 4.90 Å². The quantitative estimate of drug-likeness (QED) is 0.911. The monoisotopic (exact) mass is 301 g/mol. The first-order valence-electron chi connectivity index (χ1n) is 8.67.